The van der Waals surface area contributed by atoms with Crippen molar-refractivity contribution in [2.45, 2.75) is 19.4 Å². The fraction of sp³-hybridized carbons (Fsp3) is 0.458. The van der Waals surface area contributed by atoms with Crippen molar-refractivity contribution in [2.75, 3.05) is 32.7 Å². The molecule has 0 radical (unpaired) electrons. The molecule has 6 heteroatoms. The fourth-order valence-corrected chi connectivity index (χ4v) is 4.94. The summed E-state index contributed by atoms with van der Waals surface area (Å²) in [5, 5.41) is 3.19. The van der Waals surface area contributed by atoms with Crippen LogP contribution >= 0.6 is 0 Å². The monoisotopic (exact) mass is 404 g/mol. The van der Waals surface area contributed by atoms with E-state index in [1.54, 1.807) is 24.5 Å². The number of hydrogen-bond donors (Lipinski definition) is 1. The van der Waals surface area contributed by atoms with E-state index in [0.29, 0.717) is 24.6 Å². The number of carbonyl (C=O) groups excluding carboxylic acids is 2. The molecule has 3 aliphatic rings. The Labute approximate surface area is 177 Å². The molecule has 1 spiro atoms. The lowest BCUT2D eigenvalue weighted by molar-refractivity contribution is -0.131. The smallest absolute Gasteiger partial charge is 0.254 e. The third kappa shape index (κ3) is 3.84. The van der Waals surface area contributed by atoms with Gasteiger partial charge in [-0.2, -0.15) is 0 Å². The van der Waals surface area contributed by atoms with Crippen LogP contribution < -0.4 is 5.32 Å². The first-order chi connectivity index (χ1) is 14.6. The molecule has 1 atom stereocenters. The van der Waals surface area contributed by atoms with Crippen LogP contribution in [0.15, 0.2) is 54.9 Å². The van der Waals surface area contributed by atoms with Crippen LogP contribution in [0.25, 0.3) is 0 Å². The Morgan fingerprint density at radius 1 is 1.03 bits per heavy atom. The second-order valence-corrected chi connectivity index (χ2v) is 9.16. The maximum atomic E-state index is 13.1. The molecule has 1 N–H and O–H groups in total. The van der Waals surface area contributed by atoms with Crippen LogP contribution in [0.1, 0.15) is 28.8 Å². The molecular formula is C24H28N4O2. The Bertz CT molecular complexity index is 907. The van der Waals surface area contributed by atoms with Crippen LogP contribution in [0.5, 0.6) is 0 Å². The Morgan fingerprint density at radius 3 is 2.47 bits per heavy atom. The highest BCUT2D eigenvalue weighted by Crippen LogP contribution is 2.45. The summed E-state index contributed by atoms with van der Waals surface area (Å²) in [4.78, 5) is 34.2. The zero-order valence-electron chi connectivity index (χ0n) is 17.2. The van der Waals surface area contributed by atoms with Gasteiger partial charge in [-0.05, 0) is 36.5 Å². The van der Waals surface area contributed by atoms with E-state index >= 15 is 0 Å². The molecular weight excluding hydrogens is 376 g/mol. The molecule has 6 nitrogen and oxygen atoms in total. The maximum absolute atomic E-state index is 13.1. The predicted molar refractivity (Wildman–Crippen MR) is 114 cm³/mol. The van der Waals surface area contributed by atoms with Crippen molar-refractivity contribution in [3.63, 3.8) is 0 Å². The van der Waals surface area contributed by atoms with Crippen molar-refractivity contribution in [1.29, 1.82) is 0 Å². The topological polar surface area (TPSA) is 65.5 Å². The lowest BCUT2D eigenvalue weighted by Crippen LogP contribution is -2.64. The van der Waals surface area contributed by atoms with Gasteiger partial charge in [0.1, 0.15) is 0 Å². The molecule has 5 rings (SSSR count). The molecule has 3 fully saturated rings. The van der Waals surface area contributed by atoms with Crippen LogP contribution in [-0.2, 0) is 11.3 Å². The van der Waals surface area contributed by atoms with Gasteiger partial charge in [-0.25, -0.2) is 0 Å². The minimum Gasteiger partial charge on any atom is -0.356 e. The quantitative estimate of drug-likeness (QED) is 0.802. The van der Waals surface area contributed by atoms with Gasteiger partial charge in [-0.15, -0.1) is 0 Å². The first-order valence-electron chi connectivity index (χ1n) is 10.9. The molecule has 0 bridgehead atoms. The number of benzene rings is 1. The molecule has 30 heavy (non-hydrogen) atoms. The molecule has 3 heterocycles. The number of pyridine rings is 1. The molecule has 1 aromatic carbocycles. The summed E-state index contributed by atoms with van der Waals surface area (Å²) in [6.45, 7) is 4.52. The van der Waals surface area contributed by atoms with Gasteiger partial charge in [-0.1, -0.05) is 30.3 Å². The minimum absolute atomic E-state index is 0.0293. The summed E-state index contributed by atoms with van der Waals surface area (Å²) in [5.41, 5.74) is 1.77. The van der Waals surface area contributed by atoms with Crippen LogP contribution in [0.3, 0.4) is 0 Å². The number of carbonyl (C=O) groups is 2. The van der Waals surface area contributed by atoms with Crippen LogP contribution in [0.2, 0.25) is 0 Å². The molecule has 1 aliphatic carbocycles. The summed E-state index contributed by atoms with van der Waals surface area (Å²) >= 11 is 0. The third-order valence-electron chi connectivity index (χ3n) is 6.77. The Morgan fingerprint density at radius 2 is 1.77 bits per heavy atom. The molecule has 1 aromatic heterocycles. The predicted octanol–water partition coefficient (Wildman–Crippen LogP) is 2.18. The van der Waals surface area contributed by atoms with Crippen LogP contribution in [0.4, 0.5) is 0 Å². The largest absolute Gasteiger partial charge is 0.356 e. The molecule has 2 saturated heterocycles. The zero-order chi connectivity index (χ0) is 20.6. The van der Waals surface area contributed by atoms with E-state index in [4.69, 9.17) is 0 Å². The zero-order valence-corrected chi connectivity index (χ0v) is 17.2. The number of nitrogens with one attached hydrogen (secondary N) is 1. The number of hydrogen-bond acceptors (Lipinski definition) is 4. The molecule has 156 valence electrons. The average Bonchev–Trinajstić information content (AvgIpc) is 3.51. The fourth-order valence-electron chi connectivity index (χ4n) is 4.94. The minimum atomic E-state index is -0.148. The Hall–Kier alpha value is -2.73. The summed E-state index contributed by atoms with van der Waals surface area (Å²) in [7, 11) is 0. The van der Waals surface area contributed by atoms with E-state index < -0.39 is 0 Å². The maximum Gasteiger partial charge on any atom is 0.254 e. The lowest BCUT2D eigenvalue weighted by atomic mass is 9.71. The average molecular weight is 405 g/mol. The van der Waals surface area contributed by atoms with E-state index in [1.165, 1.54) is 18.4 Å². The highest BCUT2D eigenvalue weighted by Gasteiger charge is 2.57. The SMILES string of the molecule is O=C(NCC1CC1)C1CN(Cc2ccccc2)CC12CN(C(=O)c1ccncc1)C2. The van der Waals surface area contributed by atoms with Crippen molar-refractivity contribution in [2.24, 2.45) is 17.3 Å². The summed E-state index contributed by atoms with van der Waals surface area (Å²) in [6, 6.07) is 13.9. The Kier molecular flexibility index (Phi) is 5.03. The summed E-state index contributed by atoms with van der Waals surface area (Å²) in [6.07, 6.45) is 5.75. The van der Waals surface area contributed by atoms with Crippen LogP contribution in [-0.4, -0.2) is 59.3 Å². The van der Waals surface area contributed by atoms with E-state index in [0.717, 1.165) is 26.2 Å². The third-order valence-corrected chi connectivity index (χ3v) is 6.77. The summed E-state index contributed by atoms with van der Waals surface area (Å²) in [5.74, 6) is 0.787. The number of aromatic nitrogens is 1. The highest BCUT2D eigenvalue weighted by molar-refractivity contribution is 5.95. The number of amides is 2. The van der Waals surface area contributed by atoms with Crippen LogP contribution in [0, 0.1) is 17.3 Å². The van der Waals surface area contributed by atoms with Gasteiger partial charge in [0.15, 0.2) is 0 Å². The Balaban J connectivity index is 1.29. The highest BCUT2D eigenvalue weighted by atomic mass is 16.2. The van der Waals surface area contributed by atoms with Gasteiger partial charge in [0.05, 0.1) is 5.92 Å². The van der Waals surface area contributed by atoms with E-state index in [1.807, 2.05) is 11.0 Å². The van der Waals surface area contributed by atoms with Gasteiger partial charge >= 0.3 is 0 Å². The molecule has 1 saturated carbocycles. The van der Waals surface area contributed by atoms with E-state index in [9.17, 15) is 9.59 Å². The second-order valence-electron chi connectivity index (χ2n) is 9.16. The standard InChI is InChI=1S/C24H28N4O2/c29-22(26-12-18-6-7-18)21-14-27(13-19-4-2-1-3-5-19)15-24(21)16-28(17-24)23(30)20-8-10-25-11-9-20/h1-5,8-11,18,21H,6-7,12-17H2,(H,26,29). The van der Waals surface area contributed by atoms with Crippen molar-refractivity contribution in [3.8, 4) is 0 Å². The lowest BCUT2D eigenvalue weighted by Gasteiger charge is -2.50. The normalized spacial score (nSPS) is 22.7. The second kappa shape index (κ2) is 7.84. The van der Waals surface area contributed by atoms with Crippen molar-refractivity contribution in [1.82, 2.24) is 20.1 Å². The van der Waals surface area contributed by atoms with E-state index in [-0.39, 0.29) is 23.1 Å². The first kappa shape index (κ1) is 19.2. The van der Waals surface area contributed by atoms with Crippen molar-refractivity contribution >= 4 is 11.8 Å². The van der Waals surface area contributed by atoms with E-state index in [2.05, 4.69) is 39.5 Å². The van der Waals surface area contributed by atoms with Crippen molar-refractivity contribution in [3.05, 3.63) is 66.0 Å². The summed E-state index contributed by atoms with van der Waals surface area (Å²) < 4.78 is 0. The van der Waals surface area contributed by atoms with Gasteiger partial charge in [0.2, 0.25) is 5.91 Å². The van der Waals surface area contributed by atoms with Gasteiger partial charge in [0.25, 0.3) is 5.91 Å². The molecule has 2 aliphatic heterocycles. The number of rotatable bonds is 6. The van der Waals surface area contributed by atoms with Gasteiger partial charge in [0, 0.05) is 62.6 Å². The molecule has 1 unspecified atom stereocenters. The number of nitrogens with zero attached hydrogens (tertiary/aromatic N) is 3. The first-order valence-corrected chi connectivity index (χ1v) is 10.9. The number of likely N-dealkylation sites (tertiary alicyclic amines) is 2. The van der Waals surface area contributed by atoms with Crippen molar-refractivity contribution < 1.29 is 9.59 Å². The van der Waals surface area contributed by atoms with Gasteiger partial charge in [-0.3, -0.25) is 19.5 Å². The molecule has 2 amide bonds. The molecule has 2 aromatic rings. The van der Waals surface area contributed by atoms with Gasteiger partial charge < -0.3 is 10.2 Å².